The Bertz CT molecular complexity index is 1370. The van der Waals surface area contributed by atoms with Gasteiger partial charge >= 0.3 is 0 Å². The first-order chi connectivity index (χ1) is 16.5. The van der Waals surface area contributed by atoms with Gasteiger partial charge in [-0.25, -0.2) is 15.0 Å². The Balaban J connectivity index is 1.33. The maximum Gasteiger partial charge on any atom is 0.163 e. The van der Waals surface area contributed by atoms with Gasteiger partial charge in [-0.2, -0.15) is 0 Å². The second-order valence-electron chi connectivity index (χ2n) is 9.72. The van der Waals surface area contributed by atoms with Crippen molar-refractivity contribution in [1.29, 1.82) is 0 Å². The Hall–Kier alpha value is -3.55. The third-order valence-electron chi connectivity index (χ3n) is 7.18. The maximum absolute atomic E-state index is 5.99. The van der Waals surface area contributed by atoms with Crippen LogP contribution in [0.1, 0.15) is 43.3 Å². The number of aryl methyl sites for hydroxylation is 2. The third-order valence-corrected chi connectivity index (χ3v) is 7.18. The lowest BCUT2D eigenvalue weighted by atomic mass is 9.63. The summed E-state index contributed by atoms with van der Waals surface area (Å²) in [5, 5.41) is 9.26. The standard InChI is InChI=1S/C26H29N7O/c1-4-34-21-11-19(24-31-28-16-32(24)3)7-6-18(21)12-22-27-13-20-10-17(2)29-25(23(20)30-22)33-14-26(15-33)8-5-9-26/h6-7,10-11,13,16H,4-5,8-9,12,14-15H2,1-3H3. The maximum atomic E-state index is 5.99. The van der Waals surface area contributed by atoms with E-state index in [9.17, 15) is 0 Å². The zero-order chi connectivity index (χ0) is 23.3. The second-order valence-corrected chi connectivity index (χ2v) is 9.72. The third kappa shape index (κ3) is 3.57. The van der Waals surface area contributed by atoms with E-state index in [1.807, 2.05) is 37.7 Å². The number of anilines is 1. The summed E-state index contributed by atoms with van der Waals surface area (Å²) in [5.74, 6) is 3.40. The van der Waals surface area contributed by atoms with Crippen molar-refractivity contribution < 1.29 is 4.74 Å². The molecule has 0 N–H and O–H groups in total. The lowest BCUT2D eigenvalue weighted by Crippen LogP contribution is -2.60. The first-order valence-electron chi connectivity index (χ1n) is 12.0. The molecule has 4 heterocycles. The van der Waals surface area contributed by atoms with E-state index in [2.05, 4.69) is 33.3 Å². The lowest BCUT2D eigenvalue weighted by molar-refractivity contribution is 0.0899. The topological polar surface area (TPSA) is 81.8 Å². The van der Waals surface area contributed by atoms with Crippen molar-refractivity contribution in [2.24, 2.45) is 12.5 Å². The lowest BCUT2D eigenvalue weighted by Gasteiger charge is -2.56. The van der Waals surface area contributed by atoms with E-state index in [0.717, 1.165) is 64.0 Å². The molecule has 0 amide bonds. The molecule has 1 spiro atoms. The highest BCUT2D eigenvalue weighted by Crippen LogP contribution is 2.49. The van der Waals surface area contributed by atoms with Crippen LogP contribution in [-0.2, 0) is 13.5 Å². The van der Waals surface area contributed by atoms with E-state index >= 15 is 0 Å². The number of hydrogen-bond acceptors (Lipinski definition) is 7. The minimum absolute atomic E-state index is 0.532. The Labute approximate surface area is 199 Å². The Kier molecular flexibility index (Phi) is 4.97. The van der Waals surface area contributed by atoms with Crippen LogP contribution in [0.4, 0.5) is 5.82 Å². The summed E-state index contributed by atoms with van der Waals surface area (Å²) in [6.45, 7) is 6.81. The normalized spacial score (nSPS) is 16.5. The molecule has 8 heteroatoms. The summed E-state index contributed by atoms with van der Waals surface area (Å²) in [5.41, 5.74) is 4.50. The average Bonchev–Trinajstić information content (AvgIpc) is 3.19. The van der Waals surface area contributed by atoms with Crippen LogP contribution < -0.4 is 9.64 Å². The van der Waals surface area contributed by atoms with E-state index in [0.29, 0.717) is 18.4 Å². The molecule has 174 valence electrons. The fourth-order valence-corrected chi connectivity index (χ4v) is 5.25. The zero-order valence-electron chi connectivity index (χ0n) is 20.0. The highest BCUT2D eigenvalue weighted by Gasteiger charge is 2.48. The van der Waals surface area contributed by atoms with E-state index < -0.39 is 0 Å². The molecule has 1 saturated carbocycles. The predicted molar refractivity (Wildman–Crippen MR) is 131 cm³/mol. The molecule has 34 heavy (non-hydrogen) atoms. The number of pyridine rings is 1. The molecule has 0 radical (unpaired) electrons. The number of aromatic nitrogens is 6. The Morgan fingerprint density at radius 2 is 1.97 bits per heavy atom. The monoisotopic (exact) mass is 455 g/mol. The van der Waals surface area contributed by atoms with Crippen LogP contribution in [-0.4, -0.2) is 49.4 Å². The van der Waals surface area contributed by atoms with E-state index in [-0.39, 0.29) is 0 Å². The van der Waals surface area contributed by atoms with Crippen LogP contribution in [0.5, 0.6) is 5.75 Å². The van der Waals surface area contributed by atoms with E-state index in [1.54, 1.807) is 6.33 Å². The molecule has 3 aromatic heterocycles. The molecule has 4 aromatic rings. The smallest absolute Gasteiger partial charge is 0.163 e. The summed E-state index contributed by atoms with van der Waals surface area (Å²) in [6.07, 6.45) is 8.27. The van der Waals surface area contributed by atoms with Gasteiger partial charge in [0.25, 0.3) is 0 Å². The summed E-state index contributed by atoms with van der Waals surface area (Å²) in [7, 11) is 1.94. The number of ether oxygens (including phenoxy) is 1. The van der Waals surface area contributed by atoms with Gasteiger partial charge in [-0.1, -0.05) is 18.6 Å². The quantitative estimate of drug-likeness (QED) is 0.433. The Morgan fingerprint density at radius 1 is 1.12 bits per heavy atom. The van der Waals surface area contributed by atoms with Crippen molar-refractivity contribution in [1.82, 2.24) is 29.7 Å². The molecule has 2 fully saturated rings. The highest BCUT2D eigenvalue weighted by molar-refractivity contribution is 5.89. The van der Waals surface area contributed by atoms with Crippen molar-refractivity contribution in [3.05, 3.63) is 53.9 Å². The molecular formula is C26H29N7O. The van der Waals surface area contributed by atoms with Gasteiger partial charge in [0.15, 0.2) is 11.6 Å². The summed E-state index contributed by atoms with van der Waals surface area (Å²) in [4.78, 5) is 17.0. The van der Waals surface area contributed by atoms with Crippen molar-refractivity contribution in [2.45, 2.75) is 39.5 Å². The number of rotatable bonds is 6. The van der Waals surface area contributed by atoms with Crippen molar-refractivity contribution in [3.8, 4) is 17.1 Å². The molecule has 1 aromatic carbocycles. The zero-order valence-corrected chi connectivity index (χ0v) is 20.0. The summed E-state index contributed by atoms with van der Waals surface area (Å²) < 4.78 is 7.89. The molecule has 2 aliphatic rings. The molecule has 0 atom stereocenters. The van der Waals surface area contributed by atoms with Crippen LogP contribution in [0.25, 0.3) is 22.3 Å². The van der Waals surface area contributed by atoms with Crippen molar-refractivity contribution >= 4 is 16.7 Å². The number of hydrogen-bond donors (Lipinski definition) is 0. The van der Waals surface area contributed by atoms with E-state index in [1.165, 1.54) is 19.3 Å². The largest absolute Gasteiger partial charge is 0.494 e. The van der Waals surface area contributed by atoms with E-state index in [4.69, 9.17) is 19.7 Å². The predicted octanol–water partition coefficient (Wildman–Crippen LogP) is 4.11. The second kappa shape index (κ2) is 8.04. The van der Waals surface area contributed by atoms with Crippen molar-refractivity contribution in [3.63, 3.8) is 0 Å². The van der Waals surface area contributed by atoms with Gasteiger partial charge in [0, 0.05) is 60.4 Å². The van der Waals surface area contributed by atoms with Gasteiger partial charge in [-0.3, -0.25) is 0 Å². The molecule has 1 aliphatic heterocycles. The molecule has 1 aliphatic carbocycles. The number of benzene rings is 1. The van der Waals surface area contributed by atoms with Gasteiger partial charge in [0.2, 0.25) is 0 Å². The number of nitrogens with zero attached hydrogens (tertiary/aromatic N) is 7. The SMILES string of the molecule is CCOc1cc(-c2nncn2C)ccc1Cc1ncc2cc(C)nc(N3CC4(CCC4)C3)c2n1. The molecule has 8 nitrogen and oxygen atoms in total. The Morgan fingerprint density at radius 3 is 2.68 bits per heavy atom. The van der Waals surface area contributed by atoms with Gasteiger partial charge < -0.3 is 14.2 Å². The highest BCUT2D eigenvalue weighted by atomic mass is 16.5. The van der Waals surface area contributed by atoms with Crippen LogP contribution in [0, 0.1) is 12.3 Å². The van der Waals surface area contributed by atoms with Crippen LogP contribution in [0.15, 0.2) is 36.8 Å². The van der Waals surface area contributed by atoms with Gasteiger partial charge in [-0.05, 0) is 38.8 Å². The molecular weight excluding hydrogens is 426 g/mol. The van der Waals surface area contributed by atoms with Gasteiger partial charge in [0.1, 0.15) is 23.4 Å². The fourth-order valence-electron chi connectivity index (χ4n) is 5.25. The summed E-state index contributed by atoms with van der Waals surface area (Å²) in [6, 6.07) is 8.23. The first kappa shape index (κ1) is 21.0. The first-order valence-corrected chi connectivity index (χ1v) is 12.0. The summed E-state index contributed by atoms with van der Waals surface area (Å²) >= 11 is 0. The molecule has 0 bridgehead atoms. The van der Waals surface area contributed by atoms with Crippen molar-refractivity contribution in [2.75, 3.05) is 24.6 Å². The minimum Gasteiger partial charge on any atom is -0.494 e. The molecule has 6 rings (SSSR count). The minimum atomic E-state index is 0.532. The van der Waals surface area contributed by atoms with Crippen LogP contribution in [0.3, 0.4) is 0 Å². The van der Waals surface area contributed by atoms with Crippen LogP contribution in [0.2, 0.25) is 0 Å². The number of fused-ring (bicyclic) bond motifs is 1. The van der Waals surface area contributed by atoms with Gasteiger partial charge in [-0.15, -0.1) is 10.2 Å². The fraction of sp³-hybridized carbons (Fsp3) is 0.423. The van der Waals surface area contributed by atoms with Gasteiger partial charge in [0.05, 0.1) is 6.61 Å². The van der Waals surface area contributed by atoms with Crippen LogP contribution >= 0.6 is 0 Å². The average molecular weight is 456 g/mol. The molecule has 0 unspecified atom stereocenters. The molecule has 1 saturated heterocycles.